The Bertz CT molecular complexity index is 344. The van der Waals surface area contributed by atoms with Gasteiger partial charge in [-0.05, 0) is 41.4 Å². The number of nitrogens with zero attached hydrogens (tertiary/aromatic N) is 1. The van der Waals surface area contributed by atoms with Crippen LogP contribution in [0.15, 0.2) is 22.9 Å². The van der Waals surface area contributed by atoms with Gasteiger partial charge in [-0.1, -0.05) is 0 Å². The number of aromatic nitrogens is 1. The van der Waals surface area contributed by atoms with Gasteiger partial charge in [-0.15, -0.1) is 0 Å². The molecule has 0 saturated carbocycles. The number of hydrogen-bond donors (Lipinski definition) is 2. The van der Waals surface area contributed by atoms with E-state index in [9.17, 15) is 4.79 Å². The molecule has 1 unspecified atom stereocenters. The first-order valence-corrected chi connectivity index (χ1v) is 5.47. The average molecular weight is 273 g/mol. The van der Waals surface area contributed by atoms with E-state index in [1.165, 1.54) is 0 Å². The lowest BCUT2D eigenvalue weighted by Crippen LogP contribution is -2.17. The fourth-order valence-electron chi connectivity index (χ4n) is 1.17. The summed E-state index contributed by atoms with van der Waals surface area (Å²) in [6.45, 7) is 1.95. The first kappa shape index (κ1) is 12.0. The molecule has 1 aromatic rings. The van der Waals surface area contributed by atoms with Crippen LogP contribution in [-0.2, 0) is 4.79 Å². The molecule has 82 valence electrons. The summed E-state index contributed by atoms with van der Waals surface area (Å²) in [7, 11) is 0. The quantitative estimate of drug-likeness (QED) is 0.809. The number of hydrogen-bond acceptors (Lipinski definition) is 3. The van der Waals surface area contributed by atoms with Gasteiger partial charge in [0.2, 0.25) is 0 Å². The monoisotopic (exact) mass is 272 g/mol. The van der Waals surface area contributed by atoms with E-state index in [4.69, 9.17) is 5.11 Å². The van der Waals surface area contributed by atoms with Crippen LogP contribution in [0.1, 0.15) is 19.8 Å². The zero-order chi connectivity index (χ0) is 11.3. The molecular weight excluding hydrogens is 260 g/mol. The molecule has 1 atom stereocenters. The summed E-state index contributed by atoms with van der Waals surface area (Å²) < 4.78 is 0.743. The molecule has 0 saturated heterocycles. The number of carboxylic acid groups (broad SMARTS) is 1. The second-order valence-corrected chi connectivity index (χ2v) is 4.07. The Kier molecular flexibility index (Phi) is 4.55. The highest BCUT2D eigenvalue weighted by atomic mass is 79.9. The number of nitrogens with one attached hydrogen (secondary N) is 1. The topological polar surface area (TPSA) is 62.2 Å². The average Bonchev–Trinajstić information content (AvgIpc) is 2.18. The largest absolute Gasteiger partial charge is 0.481 e. The minimum Gasteiger partial charge on any atom is -0.481 e. The lowest BCUT2D eigenvalue weighted by Gasteiger charge is -2.14. The van der Waals surface area contributed by atoms with Gasteiger partial charge >= 0.3 is 5.97 Å². The predicted octanol–water partition coefficient (Wildman–Crippen LogP) is 2.51. The fraction of sp³-hybridized carbons (Fsp3) is 0.400. The number of halogens is 1. The van der Waals surface area contributed by atoms with E-state index < -0.39 is 5.97 Å². The highest BCUT2D eigenvalue weighted by Gasteiger charge is 2.07. The van der Waals surface area contributed by atoms with Crippen molar-refractivity contribution in [3.8, 4) is 0 Å². The molecule has 5 heteroatoms. The SMILES string of the molecule is CC(CCC(=O)O)Nc1cccnc1Br. The van der Waals surface area contributed by atoms with Gasteiger partial charge in [-0.3, -0.25) is 4.79 Å². The van der Waals surface area contributed by atoms with Crippen molar-refractivity contribution < 1.29 is 9.90 Å². The normalized spacial score (nSPS) is 12.1. The predicted molar refractivity (Wildman–Crippen MR) is 61.9 cm³/mol. The van der Waals surface area contributed by atoms with Crippen molar-refractivity contribution in [1.29, 1.82) is 0 Å². The smallest absolute Gasteiger partial charge is 0.303 e. The van der Waals surface area contributed by atoms with Gasteiger partial charge in [0.05, 0.1) is 5.69 Å². The zero-order valence-corrected chi connectivity index (χ0v) is 9.99. The van der Waals surface area contributed by atoms with E-state index in [0.717, 1.165) is 10.3 Å². The highest BCUT2D eigenvalue weighted by Crippen LogP contribution is 2.19. The third kappa shape index (κ3) is 4.29. The first-order valence-electron chi connectivity index (χ1n) is 4.68. The zero-order valence-electron chi connectivity index (χ0n) is 8.40. The van der Waals surface area contributed by atoms with E-state index in [1.54, 1.807) is 6.20 Å². The van der Waals surface area contributed by atoms with Crippen LogP contribution in [0.2, 0.25) is 0 Å². The number of pyridine rings is 1. The Morgan fingerprint density at radius 3 is 3.07 bits per heavy atom. The molecular formula is C10H13BrN2O2. The Hall–Kier alpha value is -1.10. The lowest BCUT2D eigenvalue weighted by atomic mass is 10.2. The van der Waals surface area contributed by atoms with Crippen LogP contribution in [-0.4, -0.2) is 22.1 Å². The van der Waals surface area contributed by atoms with Crippen molar-refractivity contribution in [3.05, 3.63) is 22.9 Å². The van der Waals surface area contributed by atoms with Gasteiger partial charge in [0.15, 0.2) is 0 Å². The van der Waals surface area contributed by atoms with Crippen LogP contribution in [0.25, 0.3) is 0 Å². The maximum atomic E-state index is 10.4. The standard InChI is InChI=1S/C10H13BrN2O2/c1-7(4-5-9(14)15)13-8-3-2-6-12-10(8)11/h2-3,6-7,13H,4-5H2,1H3,(H,14,15). The molecule has 4 nitrogen and oxygen atoms in total. The number of rotatable bonds is 5. The number of aliphatic carboxylic acids is 1. The summed E-state index contributed by atoms with van der Waals surface area (Å²) in [5.74, 6) is -0.770. The molecule has 0 aliphatic heterocycles. The summed E-state index contributed by atoms with van der Waals surface area (Å²) in [6.07, 6.45) is 2.46. The van der Waals surface area contributed by atoms with Crippen molar-refractivity contribution >= 4 is 27.6 Å². The summed E-state index contributed by atoms with van der Waals surface area (Å²) in [4.78, 5) is 14.4. The van der Waals surface area contributed by atoms with E-state index >= 15 is 0 Å². The van der Waals surface area contributed by atoms with Crippen LogP contribution < -0.4 is 5.32 Å². The van der Waals surface area contributed by atoms with Crippen molar-refractivity contribution in [2.75, 3.05) is 5.32 Å². The molecule has 0 aliphatic rings. The fourth-order valence-corrected chi connectivity index (χ4v) is 1.54. The van der Waals surface area contributed by atoms with Gasteiger partial charge in [-0.25, -0.2) is 4.98 Å². The molecule has 2 N–H and O–H groups in total. The number of carbonyl (C=O) groups is 1. The Balaban J connectivity index is 2.47. The molecule has 0 amide bonds. The molecule has 1 rings (SSSR count). The van der Waals surface area contributed by atoms with Gasteiger partial charge in [0.1, 0.15) is 4.60 Å². The Labute approximate surface area is 96.8 Å². The van der Waals surface area contributed by atoms with E-state index in [2.05, 4.69) is 26.2 Å². The molecule has 0 aromatic carbocycles. The van der Waals surface area contributed by atoms with E-state index in [0.29, 0.717) is 6.42 Å². The highest BCUT2D eigenvalue weighted by molar-refractivity contribution is 9.10. The minimum atomic E-state index is -0.770. The Morgan fingerprint density at radius 2 is 2.47 bits per heavy atom. The van der Waals surface area contributed by atoms with E-state index in [1.807, 2.05) is 19.1 Å². The molecule has 0 aliphatic carbocycles. The molecule has 0 spiro atoms. The number of carboxylic acids is 1. The van der Waals surface area contributed by atoms with E-state index in [-0.39, 0.29) is 12.5 Å². The van der Waals surface area contributed by atoms with Crippen LogP contribution in [0.5, 0.6) is 0 Å². The molecule has 1 heterocycles. The maximum Gasteiger partial charge on any atom is 0.303 e. The summed E-state index contributed by atoms with van der Waals surface area (Å²) in [6, 6.07) is 3.84. The van der Waals surface area contributed by atoms with Crippen molar-refractivity contribution in [2.45, 2.75) is 25.8 Å². The lowest BCUT2D eigenvalue weighted by molar-refractivity contribution is -0.137. The van der Waals surface area contributed by atoms with Crippen LogP contribution in [0.4, 0.5) is 5.69 Å². The molecule has 1 aromatic heterocycles. The molecule has 0 fully saturated rings. The minimum absolute atomic E-state index is 0.113. The first-order chi connectivity index (χ1) is 7.09. The second-order valence-electron chi connectivity index (χ2n) is 3.32. The summed E-state index contributed by atoms with van der Waals surface area (Å²) in [5.41, 5.74) is 0.885. The van der Waals surface area contributed by atoms with Crippen molar-refractivity contribution in [1.82, 2.24) is 4.98 Å². The van der Waals surface area contributed by atoms with Crippen LogP contribution >= 0.6 is 15.9 Å². The van der Waals surface area contributed by atoms with Gasteiger partial charge in [0, 0.05) is 18.7 Å². The Morgan fingerprint density at radius 1 is 1.73 bits per heavy atom. The van der Waals surface area contributed by atoms with Crippen LogP contribution in [0, 0.1) is 0 Å². The van der Waals surface area contributed by atoms with Crippen LogP contribution in [0.3, 0.4) is 0 Å². The molecule has 15 heavy (non-hydrogen) atoms. The molecule has 0 bridgehead atoms. The third-order valence-electron chi connectivity index (χ3n) is 1.95. The number of anilines is 1. The second kappa shape index (κ2) is 5.70. The van der Waals surface area contributed by atoms with Crippen molar-refractivity contribution in [2.24, 2.45) is 0 Å². The van der Waals surface area contributed by atoms with Gasteiger partial charge in [0.25, 0.3) is 0 Å². The third-order valence-corrected chi connectivity index (χ3v) is 2.58. The van der Waals surface area contributed by atoms with Gasteiger partial charge < -0.3 is 10.4 Å². The maximum absolute atomic E-state index is 10.4. The van der Waals surface area contributed by atoms with Crippen molar-refractivity contribution in [3.63, 3.8) is 0 Å². The molecule has 0 radical (unpaired) electrons. The summed E-state index contributed by atoms with van der Waals surface area (Å²) >= 11 is 3.31. The van der Waals surface area contributed by atoms with Gasteiger partial charge in [-0.2, -0.15) is 0 Å². The summed E-state index contributed by atoms with van der Waals surface area (Å²) in [5, 5.41) is 11.7.